The van der Waals surface area contributed by atoms with Gasteiger partial charge in [0.05, 0.1) is 0 Å². The SMILES string of the molecule is N#CC(F)C(F)(F)CF. The first-order valence-corrected chi connectivity index (χ1v) is 2.02. The zero-order chi connectivity index (χ0) is 7.49. The highest BCUT2D eigenvalue weighted by atomic mass is 19.3. The summed E-state index contributed by atoms with van der Waals surface area (Å²) in [6.07, 6.45) is -3.04. The van der Waals surface area contributed by atoms with Crippen LogP contribution < -0.4 is 0 Å². The van der Waals surface area contributed by atoms with Gasteiger partial charge in [0.15, 0.2) is 6.67 Å². The van der Waals surface area contributed by atoms with Crippen molar-refractivity contribution in [2.45, 2.75) is 12.1 Å². The Kier molecular flexibility index (Phi) is 2.43. The molecule has 1 nitrogen and oxygen atoms in total. The Morgan fingerprint density at radius 2 is 2.00 bits per heavy atom. The molecule has 0 rings (SSSR count). The van der Waals surface area contributed by atoms with Gasteiger partial charge >= 0.3 is 5.92 Å². The molecule has 0 aromatic rings. The molecular formula is C4H3F4N. The molecule has 0 saturated carbocycles. The van der Waals surface area contributed by atoms with Gasteiger partial charge in [0.1, 0.15) is 6.07 Å². The zero-order valence-corrected chi connectivity index (χ0v) is 4.24. The van der Waals surface area contributed by atoms with E-state index in [0.717, 1.165) is 0 Å². The topological polar surface area (TPSA) is 23.8 Å². The van der Waals surface area contributed by atoms with Gasteiger partial charge in [-0.05, 0) is 0 Å². The number of hydrogen-bond acceptors (Lipinski definition) is 1. The predicted molar refractivity (Wildman–Crippen MR) is 21.4 cm³/mol. The van der Waals surface area contributed by atoms with E-state index in [1.165, 1.54) is 0 Å². The number of alkyl halides is 4. The molecule has 0 N–H and O–H groups in total. The van der Waals surface area contributed by atoms with Crippen molar-refractivity contribution in [2.24, 2.45) is 0 Å². The lowest BCUT2D eigenvalue weighted by Crippen LogP contribution is -2.30. The van der Waals surface area contributed by atoms with E-state index in [-0.39, 0.29) is 0 Å². The Balaban J connectivity index is 4.01. The summed E-state index contributed by atoms with van der Waals surface area (Å²) in [6.45, 7) is -2.14. The van der Waals surface area contributed by atoms with Gasteiger partial charge in [-0.25, -0.2) is 8.78 Å². The molecule has 0 fully saturated rings. The molecule has 0 aliphatic heterocycles. The fourth-order valence-electron chi connectivity index (χ4n) is 0.162. The first-order chi connectivity index (χ1) is 4.04. The summed E-state index contributed by atoms with van der Waals surface area (Å²) in [5, 5.41) is 7.53. The van der Waals surface area contributed by atoms with E-state index in [4.69, 9.17) is 5.26 Å². The Bertz CT molecular complexity index is 127. The fourth-order valence-corrected chi connectivity index (χ4v) is 0.162. The Hall–Kier alpha value is -0.790. The van der Waals surface area contributed by atoms with Gasteiger partial charge in [0, 0.05) is 0 Å². The number of hydrogen-bond donors (Lipinski definition) is 0. The number of halogens is 4. The van der Waals surface area contributed by atoms with Crippen LogP contribution in [0.2, 0.25) is 0 Å². The first-order valence-electron chi connectivity index (χ1n) is 2.02. The monoisotopic (exact) mass is 141 g/mol. The molecule has 1 unspecified atom stereocenters. The molecule has 5 heteroatoms. The van der Waals surface area contributed by atoms with E-state index in [0.29, 0.717) is 6.07 Å². The summed E-state index contributed by atoms with van der Waals surface area (Å²) in [4.78, 5) is 0. The summed E-state index contributed by atoms with van der Waals surface area (Å²) < 4.78 is 45.8. The lowest BCUT2D eigenvalue weighted by molar-refractivity contribution is -0.0678. The average Bonchev–Trinajstić information content (AvgIpc) is 1.86. The van der Waals surface area contributed by atoms with E-state index >= 15 is 0 Å². The highest BCUT2D eigenvalue weighted by Crippen LogP contribution is 2.20. The van der Waals surface area contributed by atoms with Crippen molar-refractivity contribution in [2.75, 3.05) is 6.67 Å². The lowest BCUT2D eigenvalue weighted by atomic mass is 10.2. The van der Waals surface area contributed by atoms with Gasteiger partial charge in [-0.15, -0.1) is 0 Å². The molecule has 0 radical (unpaired) electrons. The third-order valence-corrected chi connectivity index (χ3v) is 0.662. The van der Waals surface area contributed by atoms with Gasteiger partial charge < -0.3 is 0 Å². The predicted octanol–water partition coefficient (Wildman–Crippen LogP) is 1.45. The quantitative estimate of drug-likeness (QED) is 0.534. The normalized spacial score (nSPS) is 14.6. The lowest BCUT2D eigenvalue weighted by Gasteiger charge is -2.09. The van der Waals surface area contributed by atoms with Gasteiger partial charge in [0.2, 0.25) is 0 Å². The molecule has 0 aliphatic rings. The third-order valence-electron chi connectivity index (χ3n) is 0.662. The van der Waals surface area contributed by atoms with Crippen LogP contribution in [0, 0.1) is 11.3 Å². The van der Waals surface area contributed by atoms with E-state index in [1.807, 2.05) is 0 Å². The van der Waals surface area contributed by atoms with Crippen molar-refractivity contribution in [3.05, 3.63) is 0 Å². The maximum absolute atomic E-state index is 11.6. The second-order valence-corrected chi connectivity index (χ2v) is 1.39. The second-order valence-electron chi connectivity index (χ2n) is 1.39. The summed E-state index contributed by atoms with van der Waals surface area (Å²) in [6, 6.07) is 0.599. The standard InChI is InChI=1S/C4H3F4N/c5-2-4(7,8)3(6)1-9/h3H,2H2. The molecule has 0 amide bonds. The van der Waals surface area contributed by atoms with Crippen molar-refractivity contribution in [3.8, 4) is 6.07 Å². The maximum Gasteiger partial charge on any atom is 0.319 e. The van der Waals surface area contributed by atoms with E-state index in [2.05, 4.69) is 0 Å². The van der Waals surface area contributed by atoms with Crippen LogP contribution in [0.25, 0.3) is 0 Å². The van der Waals surface area contributed by atoms with Crippen LogP contribution in [-0.2, 0) is 0 Å². The minimum absolute atomic E-state index is 0.599. The van der Waals surface area contributed by atoms with Gasteiger partial charge in [-0.3, -0.25) is 0 Å². The molecule has 1 atom stereocenters. The molecule has 9 heavy (non-hydrogen) atoms. The zero-order valence-electron chi connectivity index (χ0n) is 4.24. The largest absolute Gasteiger partial charge is 0.319 e. The molecular weight excluding hydrogens is 138 g/mol. The smallest absolute Gasteiger partial charge is 0.244 e. The minimum Gasteiger partial charge on any atom is -0.244 e. The van der Waals surface area contributed by atoms with Crippen molar-refractivity contribution >= 4 is 0 Å². The minimum atomic E-state index is -4.14. The number of nitrogens with zero attached hydrogens (tertiary/aromatic N) is 1. The Morgan fingerprint density at radius 1 is 1.56 bits per heavy atom. The van der Waals surface area contributed by atoms with Crippen molar-refractivity contribution in [1.29, 1.82) is 5.26 Å². The number of rotatable bonds is 2. The van der Waals surface area contributed by atoms with Gasteiger partial charge in [-0.2, -0.15) is 14.0 Å². The van der Waals surface area contributed by atoms with Crippen LogP contribution in [-0.4, -0.2) is 18.8 Å². The van der Waals surface area contributed by atoms with Crippen LogP contribution in [0.3, 0.4) is 0 Å². The van der Waals surface area contributed by atoms with Crippen LogP contribution in [0.5, 0.6) is 0 Å². The van der Waals surface area contributed by atoms with E-state index in [1.54, 1.807) is 0 Å². The first kappa shape index (κ1) is 8.21. The van der Waals surface area contributed by atoms with E-state index in [9.17, 15) is 17.6 Å². The Labute approximate surface area is 48.9 Å². The van der Waals surface area contributed by atoms with Crippen molar-refractivity contribution < 1.29 is 17.6 Å². The molecule has 0 aromatic heterocycles. The molecule has 0 spiro atoms. The molecule has 0 aromatic carbocycles. The van der Waals surface area contributed by atoms with Crippen molar-refractivity contribution in [3.63, 3.8) is 0 Å². The molecule has 0 heterocycles. The van der Waals surface area contributed by atoms with Gasteiger partial charge in [-0.1, -0.05) is 0 Å². The number of nitriles is 1. The van der Waals surface area contributed by atoms with Gasteiger partial charge in [0.25, 0.3) is 6.17 Å². The van der Waals surface area contributed by atoms with Crippen molar-refractivity contribution in [1.82, 2.24) is 0 Å². The van der Waals surface area contributed by atoms with Crippen LogP contribution in [0.4, 0.5) is 17.6 Å². The summed E-state index contributed by atoms with van der Waals surface area (Å²) in [7, 11) is 0. The summed E-state index contributed by atoms with van der Waals surface area (Å²) >= 11 is 0. The molecule has 0 aliphatic carbocycles. The highest BCUT2D eigenvalue weighted by molar-refractivity contribution is 4.93. The van der Waals surface area contributed by atoms with Crippen LogP contribution >= 0.6 is 0 Å². The van der Waals surface area contributed by atoms with Crippen LogP contribution in [0.1, 0.15) is 0 Å². The molecule has 52 valence electrons. The average molecular weight is 141 g/mol. The summed E-state index contributed by atoms with van der Waals surface area (Å²) in [5.41, 5.74) is 0. The summed E-state index contributed by atoms with van der Waals surface area (Å²) in [5.74, 6) is -4.14. The van der Waals surface area contributed by atoms with E-state index < -0.39 is 18.8 Å². The third kappa shape index (κ3) is 1.88. The second kappa shape index (κ2) is 2.67. The highest BCUT2D eigenvalue weighted by Gasteiger charge is 2.40. The maximum atomic E-state index is 11.6. The molecule has 0 saturated heterocycles. The fraction of sp³-hybridized carbons (Fsp3) is 0.750. The molecule has 0 bridgehead atoms. The Morgan fingerprint density at radius 3 is 2.11 bits per heavy atom. The van der Waals surface area contributed by atoms with Crippen LogP contribution in [0.15, 0.2) is 0 Å².